The summed E-state index contributed by atoms with van der Waals surface area (Å²) in [7, 11) is 0. The van der Waals surface area contributed by atoms with Crippen molar-refractivity contribution in [3.63, 3.8) is 0 Å². The fourth-order valence-electron chi connectivity index (χ4n) is 2.64. The van der Waals surface area contributed by atoms with Crippen LogP contribution in [-0.4, -0.2) is 54.6 Å². The first-order valence-electron chi connectivity index (χ1n) is 7.82. The summed E-state index contributed by atoms with van der Waals surface area (Å²) < 4.78 is 38.0. The number of hydrogen-bond acceptors (Lipinski definition) is 4. The van der Waals surface area contributed by atoms with E-state index >= 15 is 0 Å². The number of rotatable bonds is 4. The second-order valence-corrected chi connectivity index (χ2v) is 6.54. The molecule has 24 heavy (non-hydrogen) atoms. The fraction of sp³-hybridized carbons (Fsp3) is 0.600. The second kappa shape index (κ2) is 6.76. The molecule has 2 heterocycles. The molecule has 0 aromatic carbocycles. The molecule has 1 saturated carbocycles. The Morgan fingerprint density at radius 3 is 2.50 bits per heavy atom. The number of carbonyl (C=O) groups is 1. The first-order chi connectivity index (χ1) is 11.3. The van der Waals surface area contributed by atoms with Gasteiger partial charge in [0.2, 0.25) is 5.91 Å². The Balaban J connectivity index is 1.55. The van der Waals surface area contributed by atoms with Crippen molar-refractivity contribution >= 4 is 23.3 Å². The summed E-state index contributed by atoms with van der Waals surface area (Å²) in [5.41, 5.74) is -0.855. The summed E-state index contributed by atoms with van der Waals surface area (Å²) in [5, 5.41) is 2.93. The molecule has 1 aromatic rings. The molecule has 3 rings (SSSR count). The summed E-state index contributed by atoms with van der Waals surface area (Å²) in [4.78, 5) is 19.5. The van der Waals surface area contributed by atoms with Crippen LogP contribution in [0.1, 0.15) is 18.4 Å². The van der Waals surface area contributed by atoms with E-state index in [-0.39, 0.29) is 10.9 Å². The monoisotopic (exact) mass is 362 g/mol. The molecular formula is C15H18ClF3N4O. The van der Waals surface area contributed by atoms with Crippen LogP contribution < -0.4 is 10.2 Å². The third-order valence-corrected chi connectivity index (χ3v) is 4.41. The summed E-state index contributed by atoms with van der Waals surface area (Å²) >= 11 is 5.97. The molecule has 2 fully saturated rings. The molecule has 9 heteroatoms. The quantitative estimate of drug-likeness (QED) is 0.891. The van der Waals surface area contributed by atoms with Gasteiger partial charge in [-0.1, -0.05) is 11.6 Å². The number of pyridine rings is 1. The summed E-state index contributed by atoms with van der Waals surface area (Å²) in [6.07, 6.45) is -1.55. The highest BCUT2D eigenvalue weighted by atomic mass is 35.5. The van der Waals surface area contributed by atoms with Gasteiger partial charge < -0.3 is 10.2 Å². The number of alkyl halides is 3. The predicted octanol–water partition coefficient (Wildman–Crippen LogP) is 2.15. The number of halogens is 4. The van der Waals surface area contributed by atoms with E-state index in [0.29, 0.717) is 44.6 Å². The lowest BCUT2D eigenvalue weighted by atomic mass is 10.2. The maximum Gasteiger partial charge on any atom is 0.417 e. The number of anilines is 1. The maximum absolute atomic E-state index is 12.7. The van der Waals surface area contributed by atoms with Crippen LogP contribution in [0.4, 0.5) is 19.0 Å². The van der Waals surface area contributed by atoms with E-state index in [4.69, 9.17) is 11.6 Å². The SMILES string of the molecule is O=C(CN1CCN(c2ncc(C(F)(F)F)cc2Cl)CC1)NC1CC1. The lowest BCUT2D eigenvalue weighted by Gasteiger charge is -2.35. The first kappa shape index (κ1) is 17.3. The highest BCUT2D eigenvalue weighted by molar-refractivity contribution is 6.33. The molecular weight excluding hydrogens is 345 g/mol. The van der Waals surface area contributed by atoms with E-state index in [1.165, 1.54) is 0 Å². The van der Waals surface area contributed by atoms with Crippen LogP contribution in [0, 0.1) is 0 Å². The predicted molar refractivity (Wildman–Crippen MR) is 84.1 cm³/mol. The van der Waals surface area contributed by atoms with E-state index in [9.17, 15) is 18.0 Å². The van der Waals surface area contributed by atoms with Gasteiger partial charge in [0.05, 0.1) is 17.1 Å². The van der Waals surface area contributed by atoms with Gasteiger partial charge in [-0.3, -0.25) is 9.69 Å². The third-order valence-electron chi connectivity index (χ3n) is 4.13. The normalized spacial score (nSPS) is 19.4. The van der Waals surface area contributed by atoms with Crippen LogP contribution in [-0.2, 0) is 11.0 Å². The van der Waals surface area contributed by atoms with Crippen LogP contribution in [0.5, 0.6) is 0 Å². The Labute approximate surface area is 142 Å². The number of nitrogens with one attached hydrogen (secondary N) is 1. The summed E-state index contributed by atoms with van der Waals surface area (Å²) in [6.45, 7) is 2.75. The molecule has 0 radical (unpaired) electrons. The minimum atomic E-state index is -4.46. The molecule has 1 saturated heterocycles. The van der Waals surface area contributed by atoms with E-state index < -0.39 is 11.7 Å². The van der Waals surface area contributed by atoms with Crippen LogP contribution in [0.25, 0.3) is 0 Å². The topological polar surface area (TPSA) is 48.5 Å². The number of amides is 1. The average molecular weight is 363 g/mol. The molecule has 1 aliphatic heterocycles. The highest BCUT2D eigenvalue weighted by Crippen LogP contribution is 2.33. The Morgan fingerprint density at radius 2 is 1.96 bits per heavy atom. The van der Waals surface area contributed by atoms with Gasteiger partial charge in [-0.2, -0.15) is 13.2 Å². The van der Waals surface area contributed by atoms with Gasteiger partial charge in [0.15, 0.2) is 0 Å². The largest absolute Gasteiger partial charge is 0.417 e. The molecule has 0 atom stereocenters. The molecule has 2 aliphatic rings. The van der Waals surface area contributed by atoms with E-state index in [1.807, 2.05) is 9.80 Å². The van der Waals surface area contributed by atoms with E-state index in [2.05, 4.69) is 10.3 Å². The molecule has 0 unspecified atom stereocenters. The summed E-state index contributed by atoms with van der Waals surface area (Å²) in [5.74, 6) is 0.378. The van der Waals surface area contributed by atoms with Crippen molar-refractivity contribution in [3.05, 3.63) is 22.8 Å². The van der Waals surface area contributed by atoms with Crippen molar-refractivity contribution in [2.45, 2.75) is 25.1 Å². The molecule has 0 spiro atoms. The number of hydrogen-bond donors (Lipinski definition) is 1. The summed E-state index contributed by atoms with van der Waals surface area (Å²) in [6, 6.07) is 1.24. The van der Waals surface area contributed by atoms with Crippen LogP contribution in [0.15, 0.2) is 12.3 Å². The van der Waals surface area contributed by atoms with E-state index in [1.54, 1.807) is 0 Å². The van der Waals surface area contributed by atoms with Crippen molar-refractivity contribution in [1.29, 1.82) is 0 Å². The van der Waals surface area contributed by atoms with Gasteiger partial charge in [0, 0.05) is 38.4 Å². The third kappa shape index (κ3) is 4.30. The van der Waals surface area contributed by atoms with Crippen molar-refractivity contribution in [1.82, 2.24) is 15.2 Å². The zero-order valence-corrected chi connectivity index (χ0v) is 13.7. The van der Waals surface area contributed by atoms with Crippen molar-refractivity contribution in [2.24, 2.45) is 0 Å². The Morgan fingerprint density at radius 1 is 1.29 bits per heavy atom. The zero-order chi connectivity index (χ0) is 17.3. The minimum absolute atomic E-state index is 0.00949. The van der Waals surface area contributed by atoms with Crippen LogP contribution >= 0.6 is 11.6 Å². The lowest BCUT2D eigenvalue weighted by Crippen LogP contribution is -2.50. The maximum atomic E-state index is 12.7. The minimum Gasteiger partial charge on any atom is -0.353 e. The van der Waals surface area contributed by atoms with E-state index in [0.717, 1.165) is 25.1 Å². The Kier molecular flexibility index (Phi) is 4.87. The Hall–Kier alpha value is -1.54. The van der Waals surface area contributed by atoms with Gasteiger partial charge in [-0.05, 0) is 18.9 Å². The second-order valence-electron chi connectivity index (χ2n) is 6.13. The highest BCUT2D eigenvalue weighted by Gasteiger charge is 2.32. The number of piperazine rings is 1. The molecule has 0 bridgehead atoms. The van der Waals surface area contributed by atoms with Gasteiger partial charge >= 0.3 is 6.18 Å². The molecule has 1 N–H and O–H groups in total. The first-order valence-corrected chi connectivity index (χ1v) is 8.20. The number of carbonyl (C=O) groups excluding carboxylic acids is 1. The van der Waals surface area contributed by atoms with Crippen molar-refractivity contribution < 1.29 is 18.0 Å². The number of aromatic nitrogens is 1. The molecule has 1 amide bonds. The van der Waals surface area contributed by atoms with Crippen molar-refractivity contribution in [2.75, 3.05) is 37.6 Å². The molecule has 1 aliphatic carbocycles. The molecule has 1 aromatic heterocycles. The van der Waals surface area contributed by atoms with Crippen LogP contribution in [0.2, 0.25) is 5.02 Å². The van der Waals surface area contributed by atoms with Gasteiger partial charge in [0.25, 0.3) is 0 Å². The van der Waals surface area contributed by atoms with Gasteiger partial charge in [0.1, 0.15) is 5.82 Å². The van der Waals surface area contributed by atoms with Gasteiger partial charge in [-0.25, -0.2) is 4.98 Å². The fourth-order valence-corrected chi connectivity index (χ4v) is 2.93. The van der Waals surface area contributed by atoms with Crippen LogP contribution in [0.3, 0.4) is 0 Å². The molecule has 132 valence electrons. The van der Waals surface area contributed by atoms with Gasteiger partial charge in [-0.15, -0.1) is 0 Å². The smallest absolute Gasteiger partial charge is 0.353 e. The van der Waals surface area contributed by atoms with Crippen molar-refractivity contribution in [3.8, 4) is 0 Å². The number of nitrogens with zero attached hydrogens (tertiary/aromatic N) is 3. The zero-order valence-electron chi connectivity index (χ0n) is 12.9. The Bertz CT molecular complexity index is 613. The lowest BCUT2D eigenvalue weighted by molar-refractivity contribution is -0.137. The standard InChI is InChI=1S/C15H18ClF3N4O/c16-12-7-10(15(17,18)19)8-20-14(12)23-5-3-22(4-6-23)9-13(24)21-11-1-2-11/h7-8,11H,1-6,9H2,(H,21,24). The average Bonchev–Trinajstić information content (AvgIpc) is 3.31. The molecule has 5 nitrogen and oxygen atoms in total.